The lowest BCUT2D eigenvalue weighted by molar-refractivity contribution is -0.0753. The van der Waals surface area contributed by atoms with Crippen LogP contribution in [-0.2, 0) is 33.0 Å². The van der Waals surface area contributed by atoms with Crippen LogP contribution < -0.4 is 14.4 Å². The Kier molecular flexibility index (Phi) is 9.11. The predicted octanol–water partition coefficient (Wildman–Crippen LogP) is 6.81. The number of hydrogen-bond acceptors (Lipinski definition) is 8. The Morgan fingerprint density at radius 2 is 1.98 bits per heavy atom. The number of aromatic nitrogens is 1. The maximum absolute atomic E-state index is 13.6. The van der Waals surface area contributed by atoms with Crippen LogP contribution >= 0.6 is 11.6 Å². The first-order valence-electron chi connectivity index (χ1n) is 17.4. The van der Waals surface area contributed by atoms with Crippen molar-refractivity contribution < 1.29 is 27.2 Å². The molecular weight excluding hydrogens is 662 g/mol. The Morgan fingerprint density at radius 3 is 2.71 bits per heavy atom. The third-order valence-electron chi connectivity index (χ3n) is 11.7. The monoisotopic (exact) mass is 707 g/mol. The number of anilines is 1. The molecule has 49 heavy (non-hydrogen) atoms. The summed E-state index contributed by atoms with van der Waals surface area (Å²) >= 11 is 6.47. The van der Waals surface area contributed by atoms with E-state index in [0.29, 0.717) is 31.7 Å². The summed E-state index contributed by atoms with van der Waals surface area (Å²) in [7, 11) is -2.21. The van der Waals surface area contributed by atoms with E-state index < -0.39 is 26.8 Å². The van der Waals surface area contributed by atoms with Crippen molar-refractivity contribution >= 4 is 33.2 Å². The number of hydrogen-bond donors (Lipinski definition) is 1. The van der Waals surface area contributed by atoms with Gasteiger partial charge in [0.2, 0.25) is 10.0 Å². The van der Waals surface area contributed by atoms with Crippen LogP contribution in [0.5, 0.6) is 5.75 Å². The van der Waals surface area contributed by atoms with Crippen LogP contribution in [-0.4, -0.2) is 57.1 Å². The van der Waals surface area contributed by atoms with E-state index in [9.17, 15) is 13.2 Å². The molecule has 1 fully saturated rings. The van der Waals surface area contributed by atoms with Gasteiger partial charge in [-0.15, -0.1) is 0 Å². The molecule has 262 valence electrons. The summed E-state index contributed by atoms with van der Waals surface area (Å²) in [4.78, 5) is 15.9. The number of fused-ring (bicyclic) bond motifs is 4. The van der Waals surface area contributed by atoms with Crippen molar-refractivity contribution in [3.8, 4) is 5.75 Å². The molecule has 2 aliphatic carbocycles. The van der Waals surface area contributed by atoms with Crippen LogP contribution in [0.1, 0.15) is 78.9 Å². The zero-order chi connectivity index (χ0) is 34.6. The third kappa shape index (κ3) is 6.40. The second-order valence-corrected chi connectivity index (χ2v) is 17.3. The molecule has 3 heterocycles. The Bertz CT molecular complexity index is 1880. The number of amides is 1. The van der Waals surface area contributed by atoms with Gasteiger partial charge in [-0.05, 0) is 112 Å². The summed E-state index contributed by atoms with van der Waals surface area (Å²) in [6.07, 6.45) is 10.2. The lowest BCUT2D eigenvalue weighted by Gasteiger charge is -2.50. The zero-order valence-corrected chi connectivity index (χ0v) is 30.3. The number of benzene rings is 2. The van der Waals surface area contributed by atoms with Gasteiger partial charge in [-0.3, -0.25) is 4.79 Å². The minimum atomic E-state index is -3.97. The number of ether oxygens (including phenoxy) is 2. The van der Waals surface area contributed by atoms with Gasteiger partial charge in [0.05, 0.1) is 28.8 Å². The molecule has 7 rings (SSSR count). The van der Waals surface area contributed by atoms with E-state index in [1.54, 1.807) is 26.2 Å². The molecule has 3 aromatic rings. The van der Waals surface area contributed by atoms with E-state index >= 15 is 0 Å². The molecule has 1 aromatic heterocycles. The number of aryl methyl sites for hydroxylation is 2. The van der Waals surface area contributed by atoms with E-state index in [2.05, 4.69) is 39.1 Å². The number of sulfonamides is 1. The molecule has 2 aliphatic heterocycles. The van der Waals surface area contributed by atoms with Crippen molar-refractivity contribution in [2.75, 3.05) is 31.7 Å². The first-order chi connectivity index (χ1) is 23.4. The van der Waals surface area contributed by atoms with Gasteiger partial charge in [-0.2, -0.15) is 0 Å². The van der Waals surface area contributed by atoms with Crippen molar-refractivity contribution in [1.82, 2.24) is 9.88 Å². The Balaban J connectivity index is 1.34. The second-order valence-electron chi connectivity index (χ2n) is 14.8. The average molecular weight is 708 g/mol. The van der Waals surface area contributed by atoms with Crippen molar-refractivity contribution in [3.05, 3.63) is 87.8 Å². The Hall–Kier alpha value is -3.34. The van der Waals surface area contributed by atoms with Crippen LogP contribution in [0, 0.1) is 24.7 Å². The number of methoxy groups -OCH3 is 1. The van der Waals surface area contributed by atoms with Gasteiger partial charge in [0.15, 0.2) is 0 Å². The molecule has 1 spiro atoms. The number of halogens is 1. The number of allylic oxidation sites excluding steroid dienone is 1. The van der Waals surface area contributed by atoms with Crippen molar-refractivity contribution in [2.45, 2.75) is 82.0 Å². The molecule has 1 amide bonds. The van der Waals surface area contributed by atoms with Crippen molar-refractivity contribution in [1.29, 1.82) is 0 Å². The smallest absolute Gasteiger partial charge is 0.264 e. The van der Waals surface area contributed by atoms with Crippen LogP contribution in [0.15, 0.2) is 59.1 Å². The molecule has 6 atom stereocenters. The van der Waals surface area contributed by atoms with E-state index in [1.807, 2.05) is 32.0 Å². The molecule has 4 aliphatic rings. The van der Waals surface area contributed by atoms with Crippen LogP contribution in [0.4, 0.5) is 5.69 Å². The largest absolute Gasteiger partial charge is 0.490 e. The fourth-order valence-corrected chi connectivity index (χ4v) is 10.1. The lowest BCUT2D eigenvalue weighted by atomic mass is 9.62. The highest BCUT2D eigenvalue weighted by molar-refractivity contribution is 7.90. The number of rotatable bonds is 3. The summed E-state index contributed by atoms with van der Waals surface area (Å²) < 4.78 is 48.0. The van der Waals surface area contributed by atoms with Crippen LogP contribution in [0.25, 0.3) is 0 Å². The van der Waals surface area contributed by atoms with Crippen molar-refractivity contribution in [3.63, 3.8) is 0 Å². The summed E-state index contributed by atoms with van der Waals surface area (Å²) in [5.74, 6) is 0.986. The van der Waals surface area contributed by atoms with Gasteiger partial charge >= 0.3 is 0 Å². The molecule has 9 nitrogen and oxygen atoms in total. The molecule has 1 saturated carbocycles. The summed E-state index contributed by atoms with van der Waals surface area (Å²) in [6, 6.07) is 13.5. The van der Waals surface area contributed by atoms with Crippen molar-refractivity contribution in [2.24, 2.45) is 17.8 Å². The van der Waals surface area contributed by atoms with Gasteiger partial charge in [-0.1, -0.05) is 41.9 Å². The number of carbonyl (C=O) groups excluding carboxylic acids is 1. The van der Waals surface area contributed by atoms with E-state index in [4.69, 9.17) is 25.6 Å². The topological polar surface area (TPSA) is 111 Å². The fraction of sp³-hybridized carbons (Fsp3) is 0.526. The molecule has 2 aromatic carbocycles. The van der Waals surface area contributed by atoms with Gasteiger partial charge in [0.1, 0.15) is 11.5 Å². The second kappa shape index (κ2) is 13.1. The van der Waals surface area contributed by atoms with Gasteiger partial charge in [-0.25, -0.2) is 13.1 Å². The molecule has 2 bridgehead atoms. The molecule has 0 radical (unpaired) electrons. The highest BCUT2D eigenvalue weighted by atomic mass is 35.5. The van der Waals surface area contributed by atoms with Gasteiger partial charge in [0.25, 0.3) is 5.91 Å². The standard InChI is InChI=1S/C38H46ClN3O6S/c1-24-7-5-16-38(46-4,20-31-17-25(2)48-40-31)33-12-9-29(33)21-42-22-37(15-6-8-27-18-30(39)11-13-32(27)37)23-47-35-14-10-28(19-34(35)42)36(43)41-49(44,45)26(24)3/h5,10-11,13-14,16-19,24,26,29,33H,6-9,12,15,20-23H2,1-4H3,(H,41,43)/b16-5+/t24-,26+,29-,33+,37-,38+/m0/s1. The molecule has 0 saturated heterocycles. The zero-order valence-electron chi connectivity index (χ0n) is 28.7. The maximum Gasteiger partial charge on any atom is 0.264 e. The first kappa shape index (κ1) is 34.1. The summed E-state index contributed by atoms with van der Waals surface area (Å²) in [5.41, 5.74) is 3.47. The quantitative estimate of drug-likeness (QED) is 0.296. The maximum atomic E-state index is 13.6. The average Bonchev–Trinajstić information content (AvgIpc) is 3.40. The fourth-order valence-electron chi connectivity index (χ4n) is 8.62. The Labute approximate surface area is 294 Å². The number of carbonyl (C=O) groups is 1. The molecule has 0 unspecified atom stereocenters. The van der Waals surface area contributed by atoms with Gasteiger partial charge < -0.3 is 18.9 Å². The van der Waals surface area contributed by atoms with Crippen LogP contribution in [0.3, 0.4) is 0 Å². The molecule has 1 N–H and O–H groups in total. The number of nitrogens with zero attached hydrogens (tertiary/aromatic N) is 2. The third-order valence-corrected chi connectivity index (χ3v) is 13.9. The first-order valence-corrected chi connectivity index (χ1v) is 19.4. The normalized spacial score (nSPS) is 31.8. The Morgan fingerprint density at radius 1 is 1.14 bits per heavy atom. The SMILES string of the molecule is CO[C@@]1(Cc2cc(C)on2)/C=C/C[C@H](C)[C@@H](C)S(=O)(=O)NC(=O)c2ccc3c(c2)N(C[C@@H]2CC[C@H]21)C[C@@]1(CCCc2cc(Cl)ccc21)CO3. The number of nitrogens with one attached hydrogen (secondary N) is 1. The highest BCUT2D eigenvalue weighted by Gasteiger charge is 2.49. The molecule has 11 heteroatoms. The summed E-state index contributed by atoms with van der Waals surface area (Å²) in [5, 5.41) is 4.27. The van der Waals surface area contributed by atoms with Crippen LogP contribution in [0.2, 0.25) is 5.02 Å². The van der Waals surface area contributed by atoms with E-state index in [1.165, 1.54) is 11.1 Å². The summed E-state index contributed by atoms with van der Waals surface area (Å²) in [6.45, 7) is 7.34. The minimum Gasteiger partial charge on any atom is -0.490 e. The van der Waals surface area contributed by atoms with E-state index in [0.717, 1.165) is 60.8 Å². The van der Waals surface area contributed by atoms with E-state index in [-0.39, 0.29) is 28.7 Å². The lowest BCUT2D eigenvalue weighted by Crippen LogP contribution is -2.54. The highest BCUT2D eigenvalue weighted by Crippen LogP contribution is 2.49. The molecular formula is C38H46ClN3O6S. The van der Waals surface area contributed by atoms with Gasteiger partial charge in [0, 0.05) is 48.7 Å². The predicted molar refractivity (Wildman–Crippen MR) is 190 cm³/mol. The minimum absolute atomic E-state index is 0.169.